The van der Waals surface area contributed by atoms with Gasteiger partial charge in [0, 0.05) is 11.9 Å². The SMILES string of the molecule is CCCCCCCCc1ccnc(C)c1. The van der Waals surface area contributed by atoms with Gasteiger partial charge in [-0.25, -0.2) is 0 Å². The summed E-state index contributed by atoms with van der Waals surface area (Å²) in [7, 11) is 0. The molecule has 0 aromatic carbocycles. The molecule has 1 nitrogen and oxygen atoms in total. The van der Waals surface area contributed by atoms with Gasteiger partial charge in [0.1, 0.15) is 0 Å². The highest BCUT2D eigenvalue weighted by Crippen LogP contribution is 2.09. The van der Waals surface area contributed by atoms with Crippen molar-refractivity contribution in [3.63, 3.8) is 0 Å². The number of nitrogens with zero attached hydrogens (tertiary/aromatic N) is 1. The molecule has 0 bridgehead atoms. The fraction of sp³-hybridized carbons (Fsp3) is 0.643. The van der Waals surface area contributed by atoms with Crippen LogP contribution < -0.4 is 0 Å². The van der Waals surface area contributed by atoms with Gasteiger partial charge in [0.25, 0.3) is 0 Å². The molecule has 1 aromatic rings. The molecule has 1 rings (SSSR count). The van der Waals surface area contributed by atoms with E-state index in [1.54, 1.807) is 0 Å². The van der Waals surface area contributed by atoms with Gasteiger partial charge in [-0.3, -0.25) is 4.98 Å². The Morgan fingerprint density at radius 3 is 2.53 bits per heavy atom. The summed E-state index contributed by atoms with van der Waals surface area (Å²) in [6.07, 6.45) is 11.4. The van der Waals surface area contributed by atoms with Gasteiger partial charge < -0.3 is 0 Å². The third-order valence-electron chi connectivity index (χ3n) is 2.78. The maximum absolute atomic E-state index is 4.21. The summed E-state index contributed by atoms with van der Waals surface area (Å²) >= 11 is 0. The minimum absolute atomic E-state index is 1.14. The average Bonchev–Trinajstić information content (AvgIpc) is 2.23. The summed E-state index contributed by atoms with van der Waals surface area (Å²) in [5.74, 6) is 0. The Bertz CT molecular complexity index is 268. The van der Waals surface area contributed by atoms with E-state index in [0.29, 0.717) is 0 Å². The predicted molar refractivity (Wildman–Crippen MR) is 66.1 cm³/mol. The Morgan fingerprint density at radius 1 is 1.07 bits per heavy atom. The standard InChI is InChI=1S/C14H23N/c1-3-4-5-6-7-8-9-14-10-11-15-13(2)12-14/h10-12H,3-9H2,1-2H3. The van der Waals surface area contributed by atoms with Crippen LogP contribution in [-0.2, 0) is 6.42 Å². The molecule has 0 unspecified atom stereocenters. The summed E-state index contributed by atoms with van der Waals surface area (Å²) < 4.78 is 0. The zero-order valence-corrected chi connectivity index (χ0v) is 10.1. The van der Waals surface area contributed by atoms with E-state index >= 15 is 0 Å². The molecule has 1 heterocycles. The predicted octanol–water partition coefficient (Wildman–Crippen LogP) is 4.29. The number of aryl methyl sites for hydroxylation is 2. The van der Waals surface area contributed by atoms with Crippen LogP contribution >= 0.6 is 0 Å². The molecule has 0 radical (unpaired) electrons. The van der Waals surface area contributed by atoms with E-state index in [2.05, 4.69) is 31.0 Å². The first-order valence-electron chi connectivity index (χ1n) is 6.24. The van der Waals surface area contributed by atoms with E-state index in [0.717, 1.165) is 5.69 Å². The molecule has 15 heavy (non-hydrogen) atoms. The summed E-state index contributed by atoms with van der Waals surface area (Å²) in [6.45, 7) is 4.32. The molecule has 0 saturated heterocycles. The van der Waals surface area contributed by atoms with Crippen LogP contribution in [0.25, 0.3) is 0 Å². The van der Waals surface area contributed by atoms with Crippen LogP contribution in [0, 0.1) is 6.92 Å². The quantitative estimate of drug-likeness (QED) is 0.605. The molecule has 1 heteroatoms. The van der Waals surface area contributed by atoms with Gasteiger partial charge in [-0.15, -0.1) is 0 Å². The molecule has 0 aliphatic heterocycles. The van der Waals surface area contributed by atoms with Crippen molar-refractivity contribution in [2.24, 2.45) is 0 Å². The fourth-order valence-electron chi connectivity index (χ4n) is 1.87. The van der Waals surface area contributed by atoms with Gasteiger partial charge in [-0.1, -0.05) is 39.0 Å². The van der Waals surface area contributed by atoms with E-state index < -0.39 is 0 Å². The van der Waals surface area contributed by atoms with Crippen LogP contribution in [0.4, 0.5) is 0 Å². The topological polar surface area (TPSA) is 12.9 Å². The second kappa shape index (κ2) is 7.44. The van der Waals surface area contributed by atoms with E-state index in [1.165, 1.54) is 50.5 Å². The first-order valence-corrected chi connectivity index (χ1v) is 6.24. The molecule has 0 aliphatic rings. The molecule has 0 aliphatic carbocycles. The number of rotatable bonds is 7. The van der Waals surface area contributed by atoms with Crippen molar-refractivity contribution in [3.8, 4) is 0 Å². The number of unbranched alkanes of at least 4 members (excludes halogenated alkanes) is 5. The summed E-state index contributed by atoms with van der Waals surface area (Å²) in [4.78, 5) is 4.21. The highest BCUT2D eigenvalue weighted by molar-refractivity contribution is 5.15. The Hall–Kier alpha value is -0.850. The van der Waals surface area contributed by atoms with Crippen molar-refractivity contribution in [2.45, 2.75) is 58.8 Å². The van der Waals surface area contributed by atoms with Crippen molar-refractivity contribution in [1.29, 1.82) is 0 Å². The molecule has 0 fully saturated rings. The number of hydrogen-bond donors (Lipinski definition) is 0. The minimum Gasteiger partial charge on any atom is -0.262 e. The molecule has 0 atom stereocenters. The van der Waals surface area contributed by atoms with E-state index in [-0.39, 0.29) is 0 Å². The second-order valence-electron chi connectivity index (χ2n) is 4.32. The van der Waals surface area contributed by atoms with Crippen LogP contribution in [-0.4, -0.2) is 4.98 Å². The van der Waals surface area contributed by atoms with Crippen LogP contribution in [0.2, 0.25) is 0 Å². The fourth-order valence-corrected chi connectivity index (χ4v) is 1.87. The first kappa shape index (κ1) is 12.2. The lowest BCUT2D eigenvalue weighted by molar-refractivity contribution is 0.607. The summed E-state index contributed by atoms with van der Waals surface area (Å²) in [6, 6.07) is 4.34. The van der Waals surface area contributed by atoms with Gasteiger partial charge in [0.15, 0.2) is 0 Å². The molecule has 84 valence electrons. The molecule has 0 saturated carbocycles. The second-order valence-corrected chi connectivity index (χ2v) is 4.32. The summed E-state index contributed by atoms with van der Waals surface area (Å²) in [5.41, 5.74) is 2.58. The molecule has 0 N–H and O–H groups in total. The van der Waals surface area contributed by atoms with Crippen LogP contribution in [0.3, 0.4) is 0 Å². The third-order valence-corrected chi connectivity index (χ3v) is 2.78. The highest BCUT2D eigenvalue weighted by atomic mass is 14.6. The zero-order valence-electron chi connectivity index (χ0n) is 10.1. The van der Waals surface area contributed by atoms with Crippen molar-refractivity contribution < 1.29 is 0 Å². The summed E-state index contributed by atoms with van der Waals surface area (Å²) in [5, 5.41) is 0. The van der Waals surface area contributed by atoms with Crippen LogP contribution in [0.15, 0.2) is 18.3 Å². The Kier molecular flexibility index (Phi) is 6.06. The Labute approximate surface area is 93.9 Å². The lowest BCUT2D eigenvalue weighted by atomic mass is 10.1. The maximum Gasteiger partial charge on any atom is 0.0375 e. The van der Waals surface area contributed by atoms with Gasteiger partial charge in [-0.2, -0.15) is 0 Å². The van der Waals surface area contributed by atoms with Gasteiger partial charge in [0.2, 0.25) is 0 Å². The van der Waals surface area contributed by atoms with Gasteiger partial charge in [0.05, 0.1) is 0 Å². The van der Waals surface area contributed by atoms with Crippen molar-refractivity contribution in [3.05, 3.63) is 29.6 Å². The molecular formula is C14H23N. The normalized spacial score (nSPS) is 10.5. The lowest BCUT2D eigenvalue weighted by Gasteiger charge is -2.02. The number of aromatic nitrogens is 1. The van der Waals surface area contributed by atoms with E-state index in [1.807, 2.05) is 6.20 Å². The zero-order chi connectivity index (χ0) is 10.9. The molecular weight excluding hydrogens is 182 g/mol. The highest BCUT2D eigenvalue weighted by Gasteiger charge is 1.94. The van der Waals surface area contributed by atoms with Crippen molar-refractivity contribution >= 4 is 0 Å². The van der Waals surface area contributed by atoms with Crippen LogP contribution in [0.5, 0.6) is 0 Å². The van der Waals surface area contributed by atoms with Gasteiger partial charge >= 0.3 is 0 Å². The maximum atomic E-state index is 4.21. The molecule has 0 amide bonds. The molecule has 1 aromatic heterocycles. The third kappa shape index (κ3) is 5.56. The molecule has 0 spiro atoms. The first-order chi connectivity index (χ1) is 7.33. The largest absolute Gasteiger partial charge is 0.262 e. The minimum atomic E-state index is 1.14. The number of hydrogen-bond acceptors (Lipinski definition) is 1. The van der Waals surface area contributed by atoms with E-state index in [9.17, 15) is 0 Å². The Morgan fingerprint density at radius 2 is 1.80 bits per heavy atom. The smallest absolute Gasteiger partial charge is 0.0375 e. The van der Waals surface area contributed by atoms with Crippen molar-refractivity contribution in [1.82, 2.24) is 4.98 Å². The Balaban J connectivity index is 2.10. The van der Waals surface area contributed by atoms with E-state index in [4.69, 9.17) is 0 Å². The van der Waals surface area contributed by atoms with Crippen LogP contribution in [0.1, 0.15) is 56.7 Å². The monoisotopic (exact) mass is 205 g/mol. The van der Waals surface area contributed by atoms with Crippen molar-refractivity contribution in [2.75, 3.05) is 0 Å². The number of pyridine rings is 1. The average molecular weight is 205 g/mol. The lowest BCUT2D eigenvalue weighted by Crippen LogP contribution is -1.88. The van der Waals surface area contributed by atoms with Gasteiger partial charge in [-0.05, 0) is 37.5 Å².